The Kier molecular flexibility index (Phi) is 8.78. The first-order valence-corrected chi connectivity index (χ1v) is 10.6. The van der Waals surface area contributed by atoms with Gasteiger partial charge in [0.05, 0.1) is 0 Å². The van der Waals surface area contributed by atoms with Gasteiger partial charge in [-0.1, -0.05) is 108 Å². The Morgan fingerprint density at radius 1 is 0.462 bits per heavy atom. The predicted octanol–water partition coefficient (Wildman–Crippen LogP) is 6.43. The molecule has 0 fully saturated rings. The molecule has 0 saturated heterocycles. The van der Waals surface area contributed by atoms with Crippen LogP contribution in [-0.2, 0) is 0 Å². The standard InChI is InChI=1S/C22H44N2S2/c1-19(2,3)13-23(14-20(4,5)6)17(25)18(26)24(15-21(7,8)9)16-22(10,11)12/h13-16H2,1-12H3. The third-order valence-electron chi connectivity index (χ3n) is 3.42. The van der Waals surface area contributed by atoms with E-state index in [1.807, 2.05) is 0 Å². The fourth-order valence-corrected chi connectivity index (χ4v) is 3.48. The van der Waals surface area contributed by atoms with Crippen LogP contribution in [-0.4, -0.2) is 46.0 Å². The van der Waals surface area contributed by atoms with E-state index in [9.17, 15) is 0 Å². The average Bonchev–Trinajstić information content (AvgIpc) is 2.28. The van der Waals surface area contributed by atoms with Crippen LogP contribution in [0.1, 0.15) is 83.1 Å². The molecule has 2 nitrogen and oxygen atoms in total. The van der Waals surface area contributed by atoms with Crippen molar-refractivity contribution in [1.29, 1.82) is 0 Å². The quantitative estimate of drug-likeness (QED) is 0.501. The van der Waals surface area contributed by atoms with Crippen LogP contribution in [0, 0.1) is 21.7 Å². The summed E-state index contributed by atoms with van der Waals surface area (Å²) < 4.78 is 0. The van der Waals surface area contributed by atoms with E-state index in [1.54, 1.807) is 0 Å². The zero-order valence-corrected chi connectivity index (χ0v) is 21.2. The number of hydrogen-bond donors (Lipinski definition) is 0. The molecule has 0 N–H and O–H groups in total. The highest BCUT2D eigenvalue weighted by Gasteiger charge is 2.30. The van der Waals surface area contributed by atoms with E-state index >= 15 is 0 Å². The molecule has 0 aromatic rings. The molecule has 0 aliphatic heterocycles. The highest BCUT2D eigenvalue weighted by molar-refractivity contribution is 7.89. The predicted molar refractivity (Wildman–Crippen MR) is 126 cm³/mol. The van der Waals surface area contributed by atoms with E-state index in [1.165, 1.54) is 0 Å². The number of thiocarbonyl (C=S) groups is 2. The minimum atomic E-state index is 0.170. The third-order valence-corrected chi connectivity index (χ3v) is 4.45. The van der Waals surface area contributed by atoms with E-state index < -0.39 is 0 Å². The Labute approximate surface area is 175 Å². The summed E-state index contributed by atoms with van der Waals surface area (Å²) in [5.41, 5.74) is 0.682. The van der Waals surface area contributed by atoms with Crippen molar-refractivity contribution in [3.05, 3.63) is 0 Å². The van der Waals surface area contributed by atoms with Gasteiger partial charge in [0.15, 0.2) is 0 Å². The maximum Gasteiger partial charge on any atom is 0.136 e. The molecule has 0 radical (unpaired) electrons. The molecular formula is C22H44N2S2. The van der Waals surface area contributed by atoms with E-state index in [0.29, 0.717) is 0 Å². The van der Waals surface area contributed by atoms with Gasteiger partial charge < -0.3 is 9.80 Å². The van der Waals surface area contributed by atoms with Crippen LogP contribution in [0.5, 0.6) is 0 Å². The molecule has 0 saturated carbocycles. The highest BCUT2D eigenvalue weighted by Crippen LogP contribution is 2.25. The fraction of sp³-hybridized carbons (Fsp3) is 0.909. The fourth-order valence-electron chi connectivity index (χ4n) is 2.96. The minimum Gasteiger partial charge on any atom is -0.359 e. The molecule has 0 atom stereocenters. The van der Waals surface area contributed by atoms with Crippen LogP contribution < -0.4 is 0 Å². The Hall–Kier alpha value is -0.220. The van der Waals surface area contributed by atoms with Crippen LogP contribution in [0.3, 0.4) is 0 Å². The van der Waals surface area contributed by atoms with Crippen molar-refractivity contribution < 1.29 is 0 Å². The van der Waals surface area contributed by atoms with E-state index in [-0.39, 0.29) is 21.7 Å². The second-order valence-corrected chi connectivity index (χ2v) is 13.3. The van der Waals surface area contributed by atoms with E-state index in [0.717, 1.165) is 36.2 Å². The van der Waals surface area contributed by atoms with Crippen LogP contribution in [0.15, 0.2) is 0 Å². The first-order valence-electron chi connectivity index (χ1n) is 9.78. The molecule has 0 spiro atoms. The summed E-state index contributed by atoms with van der Waals surface area (Å²) in [6, 6.07) is 0. The van der Waals surface area contributed by atoms with Crippen LogP contribution in [0.25, 0.3) is 0 Å². The maximum absolute atomic E-state index is 5.93. The first kappa shape index (κ1) is 25.8. The average molecular weight is 401 g/mol. The van der Waals surface area contributed by atoms with Gasteiger partial charge in [-0.05, 0) is 21.7 Å². The summed E-state index contributed by atoms with van der Waals surface area (Å²) in [7, 11) is 0. The molecule has 4 heteroatoms. The lowest BCUT2D eigenvalue weighted by Gasteiger charge is -2.41. The molecule has 0 bridgehead atoms. The summed E-state index contributed by atoms with van der Waals surface area (Å²) >= 11 is 11.9. The molecule has 0 aliphatic rings. The van der Waals surface area contributed by atoms with Gasteiger partial charge in [-0.15, -0.1) is 0 Å². The normalized spacial score (nSPS) is 13.5. The van der Waals surface area contributed by atoms with Crippen molar-refractivity contribution >= 4 is 34.4 Å². The van der Waals surface area contributed by atoms with Crippen molar-refractivity contribution in [2.75, 3.05) is 26.2 Å². The number of nitrogens with zero attached hydrogens (tertiary/aromatic N) is 2. The van der Waals surface area contributed by atoms with Gasteiger partial charge in [-0.3, -0.25) is 0 Å². The lowest BCUT2D eigenvalue weighted by molar-refractivity contribution is 0.206. The Balaban J connectivity index is 5.62. The smallest absolute Gasteiger partial charge is 0.136 e. The van der Waals surface area contributed by atoms with Crippen LogP contribution in [0.2, 0.25) is 0 Å². The molecule has 0 unspecified atom stereocenters. The van der Waals surface area contributed by atoms with Gasteiger partial charge in [0.2, 0.25) is 0 Å². The molecule has 0 aromatic carbocycles. The van der Waals surface area contributed by atoms with Crippen molar-refractivity contribution in [2.45, 2.75) is 83.1 Å². The first-order chi connectivity index (χ1) is 11.2. The van der Waals surface area contributed by atoms with E-state index in [2.05, 4.69) is 92.9 Å². The Morgan fingerprint density at radius 2 is 0.615 bits per heavy atom. The summed E-state index contributed by atoms with van der Waals surface area (Å²) in [6.07, 6.45) is 0. The SMILES string of the molecule is CC(C)(C)CN(CC(C)(C)C)C(=S)C(=S)N(CC(C)(C)C)CC(C)(C)C. The highest BCUT2D eigenvalue weighted by atomic mass is 32.1. The summed E-state index contributed by atoms with van der Waals surface area (Å²) in [5, 5.41) is 0. The van der Waals surface area contributed by atoms with Gasteiger partial charge >= 0.3 is 0 Å². The molecule has 0 aliphatic carbocycles. The molecule has 26 heavy (non-hydrogen) atoms. The van der Waals surface area contributed by atoms with Crippen molar-refractivity contribution in [3.63, 3.8) is 0 Å². The van der Waals surface area contributed by atoms with Gasteiger partial charge in [0.1, 0.15) is 9.98 Å². The Bertz CT molecular complexity index is 404. The second kappa shape index (κ2) is 8.86. The zero-order valence-electron chi connectivity index (χ0n) is 19.5. The van der Waals surface area contributed by atoms with Gasteiger partial charge in [-0.2, -0.15) is 0 Å². The molecule has 154 valence electrons. The van der Waals surface area contributed by atoms with E-state index in [4.69, 9.17) is 24.4 Å². The molecule has 0 heterocycles. The van der Waals surface area contributed by atoms with Gasteiger partial charge in [0.25, 0.3) is 0 Å². The van der Waals surface area contributed by atoms with Crippen molar-refractivity contribution in [2.24, 2.45) is 21.7 Å². The maximum atomic E-state index is 5.93. The minimum absolute atomic E-state index is 0.170. The number of hydrogen-bond acceptors (Lipinski definition) is 2. The van der Waals surface area contributed by atoms with Gasteiger partial charge in [0, 0.05) is 26.2 Å². The monoisotopic (exact) mass is 400 g/mol. The Morgan fingerprint density at radius 3 is 0.731 bits per heavy atom. The van der Waals surface area contributed by atoms with Crippen LogP contribution in [0.4, 0.5) is 0 Å². The molecule has 0 rings (SSSR count). The van der Waals surface area contributed by atoms with Crippen molar-refractivity contribution in [3.8, 4) is 0 Å². The zero-order chi connectivity index (χ0) is 21.1. The lowest BCUT2D eigenvalue weighted by atomic mass is 9.91. The largest absolute Gasteiger partial charge is 0.359 e. The third kappa shape index (κ3) is 12.2. The molecular weight excluding hydrogens is 356 g/mol. The van der Waals surface area contributed by atoms with Gasteiger partial charge in [-0.25, -0.2) is 0 Å². The topological polar surface area (TPSA) is 6.48 Å². The second-order valence-electron chi connectivity index (χ2n) is 12.6. The molecule has 0 amide bonds. The summed E-state index contributed by atoms with van der Waals surface area (Å²) in [6.45, 7) is 30.8. The molecule has 0 aromatic heterocycles. The summed E-state index contributed by atoms with van der Waals surface area (Å²) in [4.78, 5) is 6.32. The lowest BCUT2D eigenvalue weighted by Crippen LogP contribution is -2.51. The number of rotatable bonds is 4. The van der Waals surface area contributed by atoms with Crippen LogP contribution >= 0.6 is 24.4 Å². The summed E-state index contributed by atoms with van der Waals surface area (Å²) in [5.74, 6) is 0. The van der Waals surface area contributed by atoms with Crippen molar-refractivity contribution in [1.82, 2.24) is 9.80 Å².